The van der Waals surface area contributed by atoms with E-state index in [1.165, 1.54) is 6.42 Å². The van der Waals surface area contributed by atoms with Crippen LogP contribution < -0.4 is 5.43 Å². The van der Waals surface area contributed by atoms with E-state index in [1.807, 2.05) is 0 Å². The van der Waals surface area contributed by atoms with Crippen LogP contribution in [0.4, 0.5) is 0 Å². The van der Waals surface area contributed by atoms with Crippen LogP contribution in [-0.2, 0) is 4.74 Å². The Balaban J connectivity index is 1.99. The van der Waals surface area contributed by atoms with E-state index in [2.05, 4.69) is 10.4 Å². The number of Topliss-reactive ketones (excluding diaryl/α,β-unsaturated/α-hetero) is 1. The molecule has 0 aromatic heterocycles. The Kier molecular flexibility index (Phi) is 5.90. The Morgan fingerprint density at radius 2 is 1.81 bits per heavy atom. The number of nitrogens with one attached hydrogen (secondary N) is 1. The van der Waals surface area contributed by atoms with Crippen molar-refractivity contribution in [3.05, 3.63) is 35.4 Å². The number of esters is 1. The lowest BCUT2D eigenvalue weighted by Crippen LogP contribution is -2.44. The molecule has 1 aromatic rings. The van der Waals surface area contributed by atoms with Gasteiger partial charge < -0.3 is 4.74 Å². The monoisotopic (exact) mass is 290 g/mol. The molecule has 1 aliphatic heterocycles. The highest BCUT2D eigenvalue weighted by Crippen LogP contribution is 2.12. The van der Waals surface area contributed by atoms with E-state index >= 15 is 0 Å². The van der Waals surface area contributed by atoms with Gasteiger partial charge in [0.15, 0.2) is 5.78 Å². The summed E-state index contributed by atoms with van der Waals surface area (Å²) in [4.78, 5) is 24.2. The predicted octanol–water partition coefficient (Wildman–Crippen LogP) is 2.04. The number of hydrogen-bond acceptors (Lipinski definition) is 5. The van der Waals surface area contributed by atoms with Crippen molar-refractivity contribution in [1.29, 1.82) is 0 Å². The van der Waals surface area contributed by atoms with E-state index in [9.17, 15) is 9.59 Å². The molecule has 0 spiro atoms. The van der Waals surface area contributed by atoms with Crippen molar-refractivity contribution >= 4 is 11.8 Å². The molecule has 1 N–H and O–H groups in total. The number of piperidine rings is 1. The second-order valence-electron chi connectivity index (χ2n) is 5.07. The van der Waals surface area contributed by atoms with Gasteiger partial charge in [-0.25, -0.2) is 15.2 Å². The Bertz CT molecular complexity index is 496. The molecule has 5 nitrogen and oxygen atoms in total. The number of benzene rings is 1. The van der Waals surface area contributed by atoms with Gasteiger partial charge >= 0.3 is 5.97 Å². The number of carbonyl (C=O) groups excluding carboxylic acids is 2. The Labute approximate surface area is 125 Å². The molecule has 1 saturated heterocycles. The summed E-state index contributed by atoms with van der Waals surface area (Å²) >= 11 is 0. The maximum Gasteiger partial charge on any atom is 0.338 e. The average Bonchev–Trinajstić information content (AvgIpc) is 2.54. The normalized spacial score (nSPS) is 15.7. The van der Waals surface area contributed by atoms with Crippen LogP contribution in [0.2, 0.25) is 0 Å². The zero-order chi connectivity index (χ0) is 15.1. The van der Waals surface area contributed by atoms with E-state index in [4.69, 9.17) is 4.74 Å². The second kappa shape index (κ2) is 7.90. The number of ether oxygens (including phenoxy) is 1. The van der Waals surface area contributed by atoms with Crippen LogP contribution in [0.15, 0.2) is 24.3 Å². The van der Waals surface area contributed by atoms with Gasteiger partial charge in [-0.2, -0.15) is 0 Å². The number of nitrogens with zero attached hydrogens (tertiary/aromatic N) is 1. The van der Waals surface area contributed by atoms with Crippen LogP contribution >= 0.6 is 0 Å². The first-order chi connectivity index (χ1) is 10.2. The number of rotatable bonds is 6. The summed E-state index contributed by atoms with van der Waals surface area (Å²) in [7, 11) is 0. The molecule has 114 valence electrons. The molecule has 0 radical (unpaired) electrons. The molecule has 0 amide bonds. The molecule has 5 heteroatoms. The van der Waals surface area contributed by atoms with Gasteiger partial charge in [0.2, 0.25) is 0 Å². The third-order valence-corrected chi connectivity index (χ3v) is 3.54. The van der Waals surface area contributed by atoms with Crippen LogP contribution in [-0.4, -0.2) is 43.0 Å². The fraction of sp³-hybridized carbons (Fsp3) is 0.500. The standard InChI is InChI=1S/C16H22N2O3/c1-2-21-16(20)14-9-5-4-8-13(14)15(19)12-17-18-10-6-3-7-11-18/h4-5,8-9,17H,2-3,6-7,10-12H2,1H3. The van der Waals surface area contributed by atoms with Crippen molar-refractivity contribution in [2.45, 2.75) is 26.2 Å². The number of carbonyl (C=O) groups is 2. The summed E-state index contributed by atoms with van der Waals surface area (Å²) in [6.45, 7) is 4.18. The SMILES string of the molecule is CCOC(=O)c1ccccc1C(=O)CNN1CCCCC1. The molecular weight excluding hydrogens is 268 g/mol. The molecule has 0 atom stereocenters. The van der Waals surface area contributed by atoms with Crippen molar-refractivity contribution in [3.63, 3.8) is 0 Å². The fourth-order valence-electron chi connectivity index (χ4n) is 2.44. The smallest absolute Gasteiger partial charge is 0.338 e. The lowest BCUT2D eigenvalue weighted by molar-refractivity contribution is 0.0522. The van der Waals surface area contributed by atoms with Gasteiger partial charge in [0.05, 0.1) is 18.7 Å². The molecule has 1 heterocycles. The van der Waals surface area contributed by atoms with Crippen LogP contribution in [0.5, 0.6) is 0 Å². The van der Waals surface area contributed by atoms with Crippen molar-refractivity contribution in [2.75, 3.05) is 26.2 Å². The third-order valence-electron chi connectivity index (χ3n) is 3.54. The molecule has 1 fully saturated rings. The highest BCUT2D eigenvalue weighted by molar-refractivity contribution is 6.07. The lowest BCUT2D eigenvalue weighted by Gasteiger charge is -2.26. The van der Waals surface area contributed by atoms with Crippen LogP contribution in [0, 0.1) is 0 Å². The van der Waals surface area contributed by atoms with E-state index in [0.717, 1.165) is 25.9 Å². The maximum atomic E-state index is 12.3. The minimum atomic E-state index is -0.445. The minimum Gasteiger partial charge on any atom is -0.462 e. The van der Waals surface area contributed by atoms with Gasteiger partial charge in [-0.1, -0.05) is 24.6 Å². The van der Waals surface area contributed by atoms with Crippen molar-refractivity contribution < 1.29 is 14.3 Å². The first kappa shape index (κ1) is 15.7. The number of hydrazine groups is 1. The number of ketones is 1. The van der Waals surface area contributed by atoms with Crippen LogP contribution in [0.1, 0.15) is 46.9 Å². The largest absolute Gasteiger partial charge is 0.462 e. The van der Waals surface area contributed by atoms with E-state index in [0.29, 0.717) is 17.7 Å². The van der Waals surface area contributed by atoms with E-state index in [1.54, 1.807) is 31.2 Å². The van der Waals surface area contributed by atoms with Gasteiger partial charge in [-0.15, -0.1) is 0 Å². The summed E-state index contributed by atoms with van der Waals surface area (Å²) in [5.41, 5.74) is 3.90. The summed E-state index contributed by atoms with van der Waals surface area (Å²) in [5, 5.41) is 2.08. The summed E-state index contributed by atoms with van der Waals surface area (Å²) in [6.07, 6.45) is 3.55. The lowest BCUT2D eigenvalue weighted by atomic mass is 10.0. The highest BCUT2D eigenvalue weighted by Gasteiger charge is 2.18. The Hall–Kier alpha value is -1.72. The molecule has 1 aromatic carbocycles. The van der Waals surface area contributed by atoms with Gasteiger partial charge in [0, 0.05) is 18.7 Å². The third kappa shape index (κ3) is 4.37. The van der Waals surface area contributed by atoms with Gasteiger partial charge in [0.1, 0.15) is 0 Å². The fourth-order valence-corrected chi connectivity index (χ4v) is 2.44. The molecular formula is C16H22N2O3. The quantitative estimate of drug-likeness (QED) is 0.642. The molecule has 0 unspecified atom stereocenters. The molecule has 0 bridgehead atoms. The van der Waals surface area contributed by atoms with Gasteiger partial charge in [-0.3, -0.25) is 4.79 Å². The van der Waals surface area contributed by atoms with Crippen molar-refractivity contribution in [1.82, 2.24) is 10.4 Å². The summed E-state index contributed by atoms with van der Waals surface area (Å²) < 4.78 is 4.99. The summed E-state index contributed by atoms with van der Waals surface area (Å²) in [6, 6.07) is 6.80. The van der Waals surface area contributed by atoms with Gasteiger partial charge in [-0.05, 0) is 25.8 Å². The Morgan fingerprint density at radius 1 is 1.14 bits per heavy atom. The zero-order valence-corrected chi connectivity index (χ0v) is 12.4. The summed E-state index contributed by atoms with van der Waals surface area (Å²) in [5.74, 6) is -0.538. The molecule has 0 saturated carbocycles. The zero-order valence-electron chi connectivity index (χ0n) is 12.4. The predicted molar refractivity (Wildman–Crippen MR) is 80.2 cm³/mol. The molecule has 2 rings (SSSR count). The van der Waals surface area contributed by atoms with E-state index < -0.39 is 5.97 Å². The van der Waals surface area contributed by atoms with E-state index in [-0.39, 0.29) is 12.3 Å². The van der Waals surface area contributed by atoms with Crippen molar-refractivity contribution in [2.24, 2.45) is 0 Å². The Morgan fingerprint density at radius 3 is 2.48 bits per heavy atom. The molecule has 0 aliphatic carbocycles. The highest BCUT2D eigenvalue weighted by atomic mass is 16.5. The van der Waals surface area contributed by atoms with Crippen LogP contribution in [0.3, 0.4) is 0 Å². The molecule has 21 heavy (non-hydrogen) atoms. The first-order valence-corrected chi connectivity index (χ1v) is 7.50. The second-order valence-corrected chi connectivity index (χ2v) is 5.07. The topological polar surface area (TPSA) is 58.6 Å². The molecule has 1 aliphatic rings. The maximum absolute atomic E-state index is 12.3. The number of hydrogen-bond donors (Lipinski definition) is 1. The van der Waals surface area contributed by atoms with Crippen molar-refractivity contribution in [3.8, 4) is 0 Å². The first-order valence-electron chi connectivity index (χ1n) is 7.50. The van der Waals surface area contributed by atoms with Crippen LogP contribution in [0.25, 0.3) is 0 Å². The minimum absolute atomic E-state index is 0.0933. The van der Waals surface area contributed by atoms with Gasteiger partial charge in [0.25, 0.3) is 0 Å². The average molecular weight is 290 g/mol.